The number of nitrogens with two attached hydrogens (primary N) is 1. The fourth-order valence-corrected chi connectivity index (χ4v) is 0. The summed E-state index contributed by atoms with van der Waals surface area (Å²) in [5.41, 5.74) is 4.17. The Balaban J connectivity index is 0. The lowest BCUT2D eigenvalue weighted by Gasteiger charge is -1.32. The van der Waals surface area contributed by atoms with Gasteiger partial charge in [0.1, 0.15) is 0 Å². The number of carbonyl (C=O) groups excluding carboxylic acids is 1. The number of hydrogen-bond acceptors (Lipinski definition) is 1. The molecule has 0 aliphatic heterocycles. The minimum atomic E-state index is 0. The second kappa shape index (κ2) is 13.9. The smallest absolute Gasteiger partial charge is 0.204 e. The molecule has 2 N–H and O–H groups in total. The van der Waals surface area contributed by atoms with Crippen LogP contribution in [0, 0.1) is 0 Å². The predicted octanol–water partition coefficient (Wildman–Crippen LogP) is -0.786. The molecular weight excluding hydrogens is 74.1 g/mol. The maximum atomic E-state index is 8.58. The summed E-state index contributed by atoms with van der Waals surface area (Å²) in [6.45, 7) is 0. The van der Waals surface area contributed by atoms with Gasteiger partial charge in [-0.25, -0.2) is 0 Å². The molecule has 0 bridgehead atoms. The molecule has 0 saturated carbocycles. The molecule has 0 aliphatic rings. The number of carbonyl (C=O) groups is 1. The van der Waals surface area contributed by atoms with Gasteiger partial charge in [0.05, 0.1) is 0 Å². The van der Waals surface area contributed by atoms with Gasteiger partial charge in [-0.05, 0) is 0 Å². The summed E-state index contributed by atoms with van der Waals surface area (Å²) >= 11 is 0. The first-order valence-corrected chi connectivity index (χ1v) is 0.569. The molecule has 3 heteroatoms. The molecule has 0 aromatic rings. The topological polar surface area (TPSA) is 43.1 Å². The monoisotopic (exact) mass is 79.0 g/mol. The molecule has 26 valence electrons. The first kappa shape index (κ1) is 9.17. The van der Waals surface area contributed by atoms with E-state index in [1.165, 1.54) is 0 Å². The first-order chi connectivity index (χ1) is 1.41. The molecule has 2 nitrogen and oxygen atoms in total. The van der Waals surface area contributed by atoms with Crippen molar-refractivity contribution in [3.8, 4) is 0 Å². The van der Waals surface area contributed by atoms with Crippen molar-refractivity contribution >= 4 is 19.9 Å². The fourth-order valence-electron chi connectivity index (χ4n) is 0. The number of rotatable bonds is 0. The van der Waals surface area contributed by atoms with E-state index in [1.807, 2.05) is 0 Å². The van der Waals surface area contributed by atoms with Crippen molar-refractivity contribution in [1.29, 1.82) is 0 Å². The van der Waals surface area contributed by atoms with E-state index in [9.17, 15) is 0 Å². The molecule has 0 saturated heterocycles. The maximum Gasteiger partial charge on any atom is 0.204 e. The van der Waals surface area contributed by atoms with Crippen LogP contribution in [0.2, 0.25) is 0 Å². The van der Waals surface area contributed by atoms with Crippen molar-refractivity contribution < 1.29 is 4.79 Å². The third kappa shape index (κ3) is 37.8. The highest BCUT2D eigenvalue weighted by molar-refractivity contribution is 7.59. The van der Waals surface area contributed by atoms with Crippen molar-refractivity contribution in [2.45, 2.75) is 0 Å². The quantitative estimate of drug-likeness (QED) is 0.380. The lowest BCUT2D eigenvalue weighted by Crippen LogP contribution is -1.82. The summed E-state index contributed by atoms with van der Waals surface area (Å²) < 4.78 is 0. The van der Waals surface area contributed by atoms with Crippen molar-refractivity contribution in [3.05, 3.63) is 0 Å². The standard InChI is InChI=1S/CH3NO.H2S/c2-1-3;/h1H,(H2,2,3);1H2. The molecule has 0 rings (SSSR count). The summed E-state index contributed by atoms with van der Waals surface area (Å²) in [6.07, 6.45) is 0.250. The van der Waals surface area contributed by atoms with Crippen molar-refractivity contribution in [1.82, 2.24) is 0 Å². The van der Waals surface area contributed by atoms with Crippen LogP contribution < -0.4 is 5.73 Å². The van der Waals surface area contributed by atoms with Gasteiger partial charge in [0.25, 0.3) is 0 Å². The van der Waals surface area contributed by atoms with Crippen LogP contribution in [-0.2, 0) is 4.79 Å². The van der Waals surface area contributed by atoms with E-state index >= 15 is 0 Å². The third-order valence-electron chi connectivity index (χ3n) is 0. The van der Waals surface area contributed by atoms with Crippen molar-refractivity contribution in [2.24, 2.45) is 5.73 Å². The lowest BCUT2D eigenvalue weighted by molar-refractivity contribution is -0.106. The molecule has 1 amide bonds. The van der Waals surface area contributed by atoms with Gasteiger partial charge in [0.2, 0.25) is 6.41 Å². The average Bonchev–Trinajstić information content (AvgIpc) is 0.918. The van der Waals surface area contributed by atoms with E-state index in [2.05, 4.69) is 5.73 Å². The van der Waals surface area contributed by atoms with Crippen molar-refractivity contribution in [3.63, 3.8) is 0 Å². The third-order valence-corrected chi connectivity index (χ3v) is 0. The van der Waals surface area contributed by atoms with Crippen LogP contribution in [0.5, 0.6) is 0 Å². The fraction of sp³-hybridized carbons (Fsp3) is 0. The first-order valence-electron chi connectivity index (χ1n) is 0.569. The van der Waals surface area contributed by atoms with Crippen LogP contribution in [0.3, 0.4) is 0 Å². The van der Waals surface area contributed by atoms with Gasteiger partial charge >= 0.3 is 0 Å². The molecule has 0 atom stereocenters. The molecule has 0 spiro atoms. The van der Waals surface area contributed by atoms with E-state index < -0.39 is 0 Å². The molecule has 0 unspecified atom stereocenters. The number of amides is 1. The Morgan fingerprint density at radius 3 is 1.75 bits per heavy atom. The van der Waals surface area contributed by atoms with Gasteiger partial charge in [-0.1, -0.05) is 0 Å². The SMILES string of the molecule is NC=O.S. The summed E-state index contributed by atoms with van der Waals surface area (Å²) in [4.78, 5) is 8.58. The second-order valence-electron chi connectivity index (χ2n) is 0.136. The van der Waals surface area contributed by atoms with Gasteiger partial charge in [-0.15, -0.1) is 0 Å². The Kier molecular flexibility index (Phi) is 31.9. The van der Waals surface area contributed by atoms with Gasteiger partial charge in [0, 0.05) is 0 Å². The predicted molar refractivity (Wildman–Crippen MR) is 20.6 cm³/mol. The Hall–Kier alpha value is -0.180. The molecule has 4 heavy (non-hydrogen) atoms. The van der Waals surface area contributed by atoms with Gasteiger partial charge in [-0.2, -0.15) is 13.5 Å². The van der Waals surface area contributed by atoms with Gasteiger partial charge < -0.3 is 5.73 Å². The number of hydrogen-bond donors (Lipinski definition) is 1. The van der Waals surface area contributed by atoms with Gasteiger partial charge in [-0.3, -0.25) is 4.79 Å². The summed E-state index contributed by atoms with van der Waals surface area (Å²) in [5.74, 6) is 0. The molecule has 0 aliphatic carbocycles. The molecule has 0 aromatic carbocycles. The Labute approximate surface area is 31.4 Å². The minimum Gasteiger partial charge on any atom is -0.372 e. The highest BCUT2D eigenvalue weighted by Gasteiger charge is 1.19. The molecule has 0 heterocycles. The number of primary amides is 1. The molecule has 0 radical (unpaired) electrons. The van der Waals surface area contributed by atoms with Crippen LogP contribution in [0.4, 0.5) is 0 Å². The maximum absolute atomic E-state index is 8.58. The van der Waals surface area contributed by atoms with Crippen molar-refractivity contribution in [2.75, 3.05) is 0 Å². The zero-order valence-electron chi connectivity index (χ0n) is 2.06. The molecule has 0 fully saturated rings. The Morgan fingerprint density at radius 1 is 1.75 bits per heavy atom. The average molecular weight is 79.1 g/mol. The summed E-state index contributed by atoms with van der Waals surface area (Å²) in [6, 6.07) is 0. The van der Waals surface area contributed by atoms with Crippen LogP contribution >= 0.6 is 13.5 Å². The highest BCUT2D eigenvalue weighted by atomic mass is 32.1. The van der Waals surface area contributed by atoms with E-state index in [0.29, 0.717) is 0 Å². The Morgan fingerprint density at radius 2 is 1.75 bits per heavy atom. The van der Waals surface area contributed by atoms with Crippen LogP contribution in [0.15, 0.2) is 0 Å². The highest BCUT2D eigenvalue weighted by Crippen LogP contribution is 0.798. The van der Waals surface area contributed by atoms with E-state index in [4.69, 9.17) is 4.79 Å². The van der Waals surface area contributed by atoms with E-state index in [1.54, 1.807) is 0 Å². The van der Waals surface area contributed by atoms with Gasteiger partial charge in [0.15, 0.2) is 0 Å². The molecular formula is CH5NOS. The minimum absolute atomic E-state index is 0. The van der Waals surface area contributed by atoms with Crippen LogP contribution in [0.25, 0.3) is 0 Å². The normalized spacial score (nSPS) is 3.00. The Bertz CT molecular complexity index is 15.5. The summed E-state index contributed by atoms with van der Waals surface area (Å²) in [7, 11) is 0. The largest absolute Gasteiger partial charge is 0.372 e. The summed E-state index contributed by atoms with van der Waals surface area (Å²) in [5, 5.41) is 0. The second-order valence-corrected chi connectivity index (χ2v) is 0.136. The van der Waals surface area contributed by atoms with E-state index in [-0.39, 0.29) is 19.9 Å². The van der Waals surface area contributed by atoms with Crippen LogP contribution in [-0.4, -0.2) is 6.41 Å². The zero-order chi connectivity index (χ0) is 2.71. The van der Waals surface area contributed by atoms with E-state index in [0.717, 1.165) is 0 Å². The zero-order valence-corrected chi connectivity index (χ0v) is 3.06. The van der Waals surface area contributed by atoms with Crippen LogP contribution in [0.1, 0.15) is 0 Å². The molecule has 0 aromatic heterocycles. The lowest BCUT2D eigenvalue weighted by atomic mass is 11.5.